The molecule has 3 N–H and O–H groups in total. The SMILES string of the molecule is CCCCn1ncc(NC(CC)(CC)CN)c(Br)c1=O. The molecule has 0 aliphatic carbocycles. The molecule has 0 unspecified atom stereocenters. The third kappa shape index (κ3) is 3.82. The molecule has 114 valence electrons. The monoisotopic (exact) mass is 344 g/mol. The quantitative estimate of drug-likeness (QED) is 0.760. The summed E-state index contributed by atoms with van der Waals surface area (Å²) in [6.07, 6.45) is 5.48. The predicted octanol–water partition coefficient (Wildman–Crippen LogP) is 2.74. The summed E-state index contributed by atoms with van der Waals surface area (Å²) >= 11 is 3.39. The standard InChI is InChI=1S/C14H25BrN4O/c1-4-7-8-19-13(20)12(15)11(9-17-19)18-14(5-2,6-3)10-16/h9,18H,4-8,10,16H2,1-3H3. The Labute approximate surface area is 129 Å². The Kier molecular flexibility index (Phi) is 6.68. The lowest BCUT2D eigenvalue weighted by Crippen LogP contribution is -2.45. The van der Waals surface area contributed by atoms with E-state index in [1.54, 1.807) is 6.20 Å². The van der Waals surface area contributed by atoms with Crippen LogP contribution in [0.15, 0.2) is 15.5 Å². The topological polar surface area (TPSA) is 72.9 Å². The number of nitrogens with one attached hydrogen (secondary N) is 1. The van der Waals surface area contributed by atoms with Gasteiger partial charge in [-0.05, 0) is 35.2 Å². The van der Waals surface area contributed by atoms with Crippen LogP contribution in [0, 0.1) is 0 Å². The van der Waals surface area contributed by atoms with E-state index < -0.39 is 0 Å². The van der Waals surface area contributed by atoms with Gasteiger partial charge in [-0.1, -0.05) is 27.2 Å². The normalized spacial score (nSPS) is 11.7. The van der Waals surface area contributed by atoms with Crippen molar-refractivity contribution in [1.29, 1.82) is 0 Å². The maximum atomic E-state index is 12.2. The van der Waals surface area contributed by atoms with Crippen molar-refractivity contribution in [3.05, 3.63) is 21.0 Å². The zero-order chi connectivity index (χ0) is 15.2. The Balaban J connectivity index is 3.03. The van der Waals surface area contributed by atoms with Gasteiger partial charge < -0.3 is 11.1 Å². The van der Waals surface area contributed by atoms with Gasteiger partial charge in [-0.2, -0.15) is 5.10 Å². The van der Waals surface area contributed by atoms with Crippen LogP contribution in [-0.4, -0.2) is 21.9 Å². The number of anilines is 1. The summed E-state index contributed by atoms with van der Waals surface area (Å²) in [4.78, 5) is 12.2. The Morgan fingerprint density at radius 2 is 2.05 bits per heavy atom. The van der Waals surface area contributed by atoms with Gasteiger partial charge in [0.2, 0.25) is 0 Å². The fourth-order valence-electron chi connectivity index (χ4n) is 2.07. The van der Waals surface area contributed by atoms with Crippen LogP contribution in [-0.2, 0) is 6.54 Å². The molecule has 0 aliphatic heterocycles. The lowest BCUT2D eigenvalue weighted by atomic mass is 9.93. The first-order chi connectivity index (χ1) is 9.53. The summed E-state index contributed by atoms with van der Waals surface area (Å²) in [7, 11) is 0. The van der Waals surface area contributed by atoms with Gasteiger partial charge in [0.1, 0.15) is 4.47 Å². The third-order valence-electron chi connectivity index (χ3n) is 3.85. The number of nitrogens with two attached hydrogens (primary N) is 1. The Bertz CT molecular complexity index is 474. The van der Waals surface area contributed by atoms with Crippen molar-refractivity contribution in [3.63, 3.8) is 0 Å². The number of aromatic nitrogens is 2. The smallest absolute Gasteiger partial charge is 0.283 e. The van der Waals surface area contributed by atoms with Gasteiger partial charge in [-0.3, -0.25) is 4.79 Å². The molecule has 5 nitrogen and oxygen atoms in total. The van der Waals surface area contributed by atoms with Gasteiger partial charge in [0, 0.05) is 18.6 Å². The molecule has 0 bridgehead atoms. The summed E-state index contributed by atoms with van der Waals surface area (Å²) in [5.41, 5.74) is 6.31. The first kappa shape index (κ1) is 17.2. The maximum absolute atomic E-state index is 12.2. The van der Waals surface area contributed by atoms with Crippen molar-refractivity contribution < 1.29 is 0 Å². The van der Waals surface area contributed by atoms with E-state index in [2.05, 4.69) is 47.1 Å². The van der Waals surface area contributed by atoms with Crippen molar-refractivity contribution >= 4 is 21.6 Å². The first-order valence-electron chi connectivity index (χ1n) is 7.27. The van der Waals surface area contributed by atoms with Gasteiger partial charge in [0.25, 0.3) is 5.56 Å². The second-order valence-corrected chi connectivity index (χ2v) is 5.86. The highest BCUT2D eigenvalue weighted by molar-refractivity contribution is 9.10. The number of nitrogens with zero attached hydrogens (tertiary/aromatic N) is 2. The lowest BCUT2D eigenvalue weighted by molar-refractivity contribution is 0.444. The molecule has 0 aromatic carbocycles. The Hall–Kier alpha value is -0.880. The van der Waals surface area contributed by atoms with Gasteiger partial charge in [-0.15, -0.1) is 0 Å². The highest BCUT2D eigenvalue weighted by atomic mass is 79.9. The number of hydrogen-bond donors (Lipinski definition) is 2. The lowest BCUT2D eigenvalue weighted by Gasteiger charge is -2.32. The molecule has 0 aliphatic rings. The minimum atomic E-state index is -0.188. The number of aryl methyl sites for hydroxylation is 1. The molecule has 0 atom stereocenters. The molecule has 0 fully saturated rings. The number of halogens is 1. The molecular formula is C14H25BrN4O. The largest absolute Gasteiger partial charge is 0.376 e. The molecule has 6 heteroatoms. The predicted molar refractivity (Wildman–Crippen MR) is 87.1 cm³/mol. The van der Waals surface area contributed by atoms with Gasteiger partial charge >= 0.3 is 0 Å². The highest BCUT2D eigenvalue weighted by Gasteiger charge is 2.25. The minimum Gasteiger partial charge on any atom is -0.376 e. The van der Waals surface area contributed by atoms with Gasteiger partial charge in [-0.25, -0.2) is 4.68 Å². The van der Waals surface area contributed by atoms with E-state index in [0.29, 0.717) is 17.6 Å². The molecule has 0 amide bonds. The average molecular weight is 345 g/mol. The Morgan fingerprint density at radius 3 is 2.55 bits per heavy atom. The summed E-state index contributed by atoms with van der Waals surface area (Å²) < 4.78 is 2.03. The van der Waals surface area contributed by atoms with Crippen molar-refractivity contribution in [3.8, 4) is 0 Å². The van der Waals surface area contributed by atoms with E-state index in [0.717, 1.165) is 31.4 Å². The van der Waals surface area contributed by atoms with E-state index in [1.807, 2.05) is 0 Å². The second-order valence-electron chi connectivity index (χ2n) is 5.07. The molecule has 1 aromatic heterocycles. The maximum Gasteiger partial charge on any atom is 0.283 e. The molecular weight excluding hydrogens is 320 g/mol. The summed E-state index contributed by atoms with van der Waals surface area (Å²) in [5, 5.41) is 7.62. The first-order valence-corrected chi connectivity index (χ1v) is 8.06. The number of hydrogen-bond acceptors (Lipinski definition) is 4. The second kappa shape index (κ2) is 7.78. The molecule has 20 heavy (non-hydrogen) atoms. The van der Waals surface area contributed by atoms with E-state index in [1.165, 1.54) is 4.68 Å². The number of unbranched alkanes of at least 4 members (excludes halogenated alkanes) is 1. The highest BCUT2D eigenvalue weighted by Crippen LogP contribution is 2.24. The fourth-order valence-corrected chi connectivity index (χ4v) is 2.48. The molecule has 0 spiro atoms. The summed E-state index contributed by atoms with van der Waals surface area (Å²) in [6.45, 7) is 7.44. The molecule has 0 saturated heterocycles. The van der Waals surface area contributed by atoms with Crippen LogP contribution in [0.4, 0.5) is 5.69 Å². The van der Waals surface area contributed by atoms with Crippen LogP contribution in [0.3, 0.4) is 0 Å². The molecule has 1 aromatic rings. The molecule has 0 radical (unpaired) electrons. The van der Waals surface area contributed by atoms with Gasteiger partial charge in [0.05, 0.1) is 11.9 Å². The van der Waals surface area contributed by atoms with Crippen LogP contribution in [0.1, 0.15) is 46.5 Å². The van der Waals surface area contributed by atoms with E-state index in [-0.39, 0.29) is 11.1 Å². The van der Waals surface area contributed by atoms with Crippen molar-refractivity contribution in [2.45, 2.75) is 58.5 Å². The van der Waals surface area contributed by atoms with Crippen LogP contribution in [0.5, 0.6) is 0 Å². The van der Waals surface area contributed by atoms with Crippen LogP contribution >= 0.6 is 15.9 Å². The van der Waals surface area contributed by atoms with Crippen molar-refractivity contribution in [2.24, 2.45) is 5.73 Å². The zero-order valence-electron chi connectivity index (χ0n) is 12.6. The number of rotatable bonds is 8. The van der Waals surface area contributed by atoms with E-state index in [4.69, 9.17) is 5.73 Å². The van der Waals surface area contributed by atoms with Crippen molar-refractivity contribution in [2.75, 3.05) is 11.9 Å². The zero-order valence-corrected chi connectivity index (χ0v) is 14.2. The van der Waals surface area contributed by atoms with Gasteiger partial charge in [0.15, 0.2) is 0 Å². The van der Waals surface area contributed by atoms with Crippen LogP contribution < -0.4 is 16.6 Å². The minimum absolute atomic E-state index is 0.0958. The molecule has 0 saturated carbocycles. The summed E-state index contributed by atoms with van der Waals surface area (Å²) in [5.74, 6) is 0. The van der Waals surface area contributed by atoms with Crippen molar-refractivity contribution in [1.82, 2.24) is 9.78 Å². The van der Waals surface area contributed by atoms with Crippen LogP contribution in [0.25, 0.3) is 0 Å². The van der Waals surface area contributed by atoms with E-state index >= 15 is 0 Å². The summed E-state index contributed by atoms with van der Waals surface area (Å²) in [6, 6.07) is 0. The van der Waals surface area contributed by atoms with E-state index in [9.17, 15) is 4.79 Å². The average Bonchev–Trinajstić information content (AvgIpc) is 2.48. The molecule has 1 rings (SSSR count). The molecule has 1 heterocycles. The third-order valence-corrected chi connectivity index (χ3v) is 4.62. The fraction of sp³-hybridized carbons (Fsp3) is 0.714. The van der Waals surface area contributed by atoms with Crippen LogP contribution in [0.2, 0.25) is 0 Å². The Morgan fingerprint density at radius 1 is 1.40 bits per heavy atom.